The lowest BCUT2D eigenvalue weighted by atomic mass is 10.1. The van der Waals surface area contributed by atoms with E-state index in [4.69, 9.17) is 5.73 Å². The lowest BCUT2D eigenvalue weighted by Crippen LogP contribution is -2.03. The summed E-state index contributed by atoms with van der Waals surface area (Å²) in [7, 11) is 0. The van der Waals surface area contributed by atoms with E-state index in [0.29, 0.717) is 5.56 Å². The molecule has 0 amide bonds. The molecular weight excluding hydrogens is 222 g/mol. The Morgan fingerprint density at radius 1 is 1.41 bits per heavy atom. The largest absolute Gasteiger partial charge is 0.378 e. The molecule has 2 heterocycles. The summed E-state index contributed by atoms with van der Waals surface area (Å²) in [6.07, 6.45) is 4.32. The minimum Gasteiger partial charge on any atom is -0.378 e. The maximum absolute atomic E-state index is 11.0. The number of rotatable bonds is 2. The van der Waals surface area contributed by atoms with E-state index in [1.807, 2.05) is 6.92 Å². The third kappa shape index (κ3) is 1.89. The Labute approximate surface area is 96.5 Å². The Balaban J connectivity index is 2.72. The second-order valence-corrected chi connectivity index (χ2v) is 3.40. The first kappa shape index (κ1) is 10.9. The zero-order valence-corrected chi connectivity index (χ0v) is 8.99. The van der Waals surface area contributed by atoms with Crippen LogP contribution in [-0.4, -0.2) is 19.9 Å². The lowest BCUT2D eigenvalue weighted by molar-refractivity contribution is -0.383. The molecule has 2 rings (SSSR count). The van der Waals surface area contributed by atoms with Crippen molar-refractivity contribution >= 4 is 11.5 Å². The van der Waals surface area contributed by atoms with Crippen molar-refractivity contribution in [2.45, 2.75) is 6.92 Å². The van der Waals surface area contributed by atoms with Crippen LogP contribution < -0.4 is 5.73 Å². The third-order valence-electron chi connectivity index (χ3n) is 2.33. The summed E-state index contributed by atoms with van der Waals surface area (Å²) in [5, 5.41) is 11.0. The number of nitrogens with two attached hydrogens (primary N) is 1. The summed E-state index contributed by atoms with van der Waals surface area (Å²) >= 11 is 0. The van der Waals surface area contributed by atoms with E-state index < -0.39 is 4.92 Å². The smallest absolute Gasteiger partial charge is 0.337 e. The van der Waals surface area contributed by atoms with Gasteiger partial charge >= 0.3 is 5.69 Å². The molecule has 0 unspecified atom stereocenters. The highest BCUT2D eigenvalue weighted by molar-refractivity contribution is 5.76. The van der Waals surface area contributed by atoms with Crippen molar-refractivity contribution in [1.29, 1.82) is 0 Å². The predicted molar refractivity (Wildman–Crippen MR) is 61.1 cm³/mol. The van der Waals surface area contributed by atoms with Crippen molar-refractivity contribution in [3.8, 4) is 11.3 Å². The molecule has 7 heteroatoms. The molecule has 7 nitrogen and oxygen atoms in total. The maximum Gasteiger partial charge on any atom is 0.337 e. The molecule has 0 radical (unpaired) electrons. The van der Waals surface area contributed by atoms with E-state index in [1.54, 1.807) is 12.3 Å². The van der Waals surface area contributed by atoms with Gasteiger partial charge in [-0.25, -0.2) is 9.97 Å². The van der Waals surface area contributed by atoms with Crippen molar-refractivity contribution in [1.82, 2.24) is 15.0 Å². The van der Waals surface area contributed by atoms with Gasteiger partial charge < -0.3 is 5.73 Å². The van der Waals surface area contributed by atoms with Gasteiger partial charge in [-0.15, -0.1) is 0 Å². The Morgan fingerprint density at radius 2 is 2.18 bits per heavy atom. The summed E-state index contributed by atoms with van der Waals surface area (Å²) < 4.78 is 0. The van der Waals surface area contributed by atoms with Crippen LogP contribution in [0.15, 0.2) is 24.8 Å². The molecule has 17 heavy (non-hydrogen) atoms. The Hall–Kier alpha value is -2.57. The van der Waals surface area contributed by atoms with Crippen LogP contribution in [0.25, 0.3) is 11.3 Å². The van der Waals surface area contributed by atoms with Crippen LogP contribution in [0, 0.1) is 17.0 Å². The van der Waals surface area contributed by atoms with Crippen LogP contribution in [0.1, 0.15) is 5.56 Å². The number of nitrogens with zero attached hydrogens (tertiary/aromatic N) is 4. The predicted octanol–water partition coefficient (Wildman–Crippen LogP) is 1.34. The summed E-state index contributed by atoms with van der Waals surface area (Å²) in [6.45, 7) is 1.82. The first-order valence-corrected chi connectivity index (χ1v) is 4.77. The molecule has 0 aromatic carbocycles. The fraction of sp³-hybridized carbons (Fsp3) is 0.100. The highest BCUT2D eigenvalue weighted by Gasteiger charge is 2.22. The highest BCUT2D eigenvalue weighted by Crippen LogP contribution is 2.32. The van der Waals surface area contributed by atoms with Crippen LogP contribution in [-0.2, 0) is 0 Å². The molecular formula is C10H9N5O2. The van der Waals surface area contributed by atoms with Gasteiger partial charge in [-0.2, -0.15) is 0 Å². The van der Waals surface area contributed by atoms with Crippen molar-refractivity contribution in [3.63, 3.8) is 0 Å². The second-order valence-electron chi connectivity index (χ2n) is 3.40. The molecule has 0 spiro atoms. The molecule has 2 aromatic heterocycles. The number of hydrogen-bond acceptors (Lipinski definition) is 6. The fourth-order valence-corrected chi connectivity index (χ4v) is 1.48. The van der Waals surface area contributed by atoms with Gasteiger partial charge in [0.1, 0.15) is 6.33 Å². The van der Waals surface area contributed by atoms with Gasteiger partial charge in [0.2, 0.25) is 5.82 Å². The second kappa shape index (κ2) is 4.12. The van der Waals surface area contributed by atoms with E-state index in [9.17, 15) is 10.1 Å². The summed E-state index contributed by atoms with van der Waals surface area (Å²) in [5.41, 5.74) is 6.81. The van der Waals surface area contributed by atoms with Crippen LogP contribution >= 0.6 is 0 Å². The van der Waals surface area contributed by atoms with E-state index in [1.165, 1.54) is 12.5 Å². The average Bonchev–Trinajstić information content (AvgIpc) is 2.28. The molecule has 0 atom stereocenters. The number of nitrogen functional groups attached to an aromatic ring is 1. The van der Waals surface area contributed by atoms with Crippen molar-refractivity contribution in [3.05, 3.63) is 40.5 Å². The topological polar surface area (TPSA) is 108 Å². The van der Waals surface area contributed by atoms with Gasteiger partial charge in [0.15, 0.2) is 5.69 Å². The van der Waals surface area contributed by atoms with Gasteiger partial charge in [-0.1, -0.05) is 0 Å². The van der Waals surface area contributed by atoms with E-state index in [-0.39, 0.29) is 17.2 Å². The number of aromatic nitrogens is 3. The highest BCUT2D eigenvalue weighted by atomic mass is 16.6. The Bertz CT molecular complexity index is 585. The number of hydrogen-bond donors (Lipinski definition) is 1. The summed E-state index contributed by atoms with van der Waals surface area (Å²) in [4.78, 5) is 21.8. The molecule has 2 aromatic rings. The first-order valence-electron chi connectivity index (χ1n) is 4.77. The van der Waals surface area contributed by atoms with E-state index in [2.05, 4.69) is 15.0 Å². The normalized spacial score (nSPS) is 10.2. The van der Waals surface area contributed by atoms with Gasteiger partial charge in [0.05, 0.1) is 4.92 Å². The van der Waals surface area contributed by atoms with E-state index >= 15 is 0 Å². The zero-order valence-electron chi connectivity index (χ0n) is 8.99. The van der Waals surface area contributed by atoms with Crippen LogP contribution in [0.3, 0.4) is 0 Å². The van der Waals surface area contributed by atoms with Gasteiger partial charge in [0.25, 0.3) is 0 Å². The third-order valence-corrected chi connectivity index (χ3v) is 2.33. The lowest BCUT2D eigenvalue weighted by Gasteiger charge is -2.05. The SMILES string of the molecule is Cc1ccncc1-c1ncnc(N)c1[N+](=O)[O-]. The average molecular weight is 231 g/mol. The van der Waals surface area contributed by atoms with Crippen LogP contribution in [0.2, 0.25) is 0 Å². The number of nitro groups is 1. The summed E-state index contributed by atoms with van der Waals surface area (Å²) in [6, 6.07) is 1.75. The standard InChI is InChI=1S/C10H9N5O2/c1-6-2-3-12-4-7(6)8-9(15(16)17)10(11)14-5-13-8/h2-5H,1H3,(H2,11,13,14). The molecule has 0 fully saturated rings. The molecule has 0 aliphatic carbocycles. The van der Waals surface area contributed by atoms with Crippen molar-refractivity contribution < 1.29 is 4.92 Å². The minimum atomic E-state index is -0.586. The van der Waals surface area contributed by atoms with Gasteiger partial charge in [-0.3, -0.25) is 15.1 Å². The fourth-order valence-electron chi connectivity index (χ4n) is 1.48. The minimum absolute atomic E-state index is 0.150. The van der Waals surface area contributed by atoms with Crippen LogP contribution in [0.5, 0.6) is 0 Å². The molecule has 0 aliphatic rings. The molecule has 0 aliphatic heterocycles. The van der Waals surface area contributed by atoms with Gasteiger partial charge in [-0.05, 0) is 18.6 Å². The van der Waals surface area contributed by atoms with Gasteiger partial charge in [0, 0.05) is 18.0 Å². The zero-order chi connectivity index (χ0) is 12.4. The van der Waals surface area contributed by atoms with Crippen molar-refractivity contribution in [2.75, 3.05) is 5.73 Å². The molecule has 2 N–H and O–H groups in total. The number of aryl methyl sites for hydroxylation is 1. The summed E-state index contributed by atoms with van der Waals surface area (Å²) in [5.74, 6) is -0.150. The quantitative estimate of drug-likeness (QED) is 0.617. The molecule has 0 saturated heterocycles. The monoisotopic (exact) mass is 231 g/mol. The first-order chi connectivity index (χ1) is 8.11. The maximum atomic E-state index is 11.0. The van der Waals surface area contributed by atoms with Crippen molar-refractivity contribution in [2.24, 2.45) is 0 Å². The number of pyridine rings is 1. The number of anilines is 1. The Kier molecular flexibility index (Phi) is 2.65. The molecule has 86 valence electrons. The van der Waals surface area contributed by atoms with Crippen LogP contribution in [0.4, 0.5) is 11.5 Å². The Morgan fingerprint density at radius 3 is 2.82 bits per heavy atom. The molecule has 0 bridgehead atoms. The molecule has 0 saturated carbocycles. The van der Waals surface area contributed by atoms with E-state index in [0.717, 1.165) is 5.56 Å².